The van der Waals surface area contributed by atoms with E-state index in [1.54, 1.807) is 0 Å². The Labute approximate surface area is 264 Å². The number of aromatic nitrogens is 2. The summed E-state index contributed by atoms with van der Waals surface area (Å²) in [6.45, 7) is 0. The number of benzene rings is 7. The van der Waals surface area contributed by atoms with Crippen molar-refractivity contribution >= 4 is 65.4 Å². The molecule has 0 unspecified atom stereocenters. The fourth-order valence-electron chi connectivity index (χ4n) is 7.35. The summed E-state index contributed by atoms with van der Waals surface area (Å²) in [5.74, 6) is 0. The minimum Gasteiger partial charge on any atom is -0.455 e. The predicted molar refractivity (Wildman–Crippen MR) is 192 cm³/mol. The maximum atomic E-state index is 6.73. The van der Waals surface area contributed by atoms with Crippen LogP contribution in [0, 0.1) is 0 Å². The molecule has 0 aliphatic carbocycles. The lowest BCUT2D eigenvalue weighted by molar-refractivity contribution is 0.670. The van der Waals surface area contributed by atoms with E-state index in [2.05, 4.69) is 156 Å². The van der Waals surface area contributed by atoms with Gasteiger partial charge >= 0.3 is 0 Å². The second-order valence-electron chi connectivity index (χ2n) is 11.9. The molecule has 10 aromatic rings. The quantitative estimate of drug-likeness (QED) is 0.193. The van der Waals surface area contributed by atoms with Gasteiger partial charge in [0.25, 0.3) is 0 Å². The molecule has 0 saturated carbocycles. The van der Waals surface area contributed by atoms with Crippen molar-refractivity contribution in [2.75, 3.05) is 0 Å². The molecule has 7 aromatic carbocycles. The molecule has 10 rings (SSSR count). The third kappa shape index (κ3) is 3.57. The van der Waals surface area contributed by atoms with Gasteiger partial charge in [0.2, 0.25) is 0 Å². The molecule has 0 atom stereocenters. The van der Waals surface area contributed by atoms with Crippen LogP contribution in [0.1, 0.15) is 0 Å². The van der Waals surface area contributed by atoms with Gasteiger partial charge in [-0.1, -0.05) is 115 Å². The molecule has 3 aromatic heterocycles. The summed E-state index contributed by atoms with van der Waals surface area (Å²) in [7, 11) is 0. The number of hydrogen-bond donors (Lipinski definition) is 0. The standard InChI is InChI=1S/C43H26N2O/c1-2-12-28(13-3-1)42-35-26-34(43-41(33-17-7-11-21-39(33)46-43)40(35)32-16-4-8-18-36(32)44-42)27-22-24-29(25-23-27)45-37-19-9-5-14-30(37)31-15-6-10-20-38(31)45/h1-26H. The number of para-hydroxylation sites is 4. The summed E-state index contributed by atoms with van der Waals surface area (Å²) < 4.78 is 9.09. The first-order valence-electron chi connectivity index (χ1n) is 15.6. The van der Waals surface area contributed by atoms with Crippen LogP contribution in [0.2, 0.25) is 0 Å². The predicted octanol–water partition coefficient (Wildman–Crippen LogP) is 11.7. The minimum atomic E-state index is 0.885. The van der Waals surface area contributed by atoms with Crippen LogP contribution in [-0.2, 0) is 0 Å². The average Bonchev–Trinajstić information content (AvgIpc) is 3.68. The van der Waals surface area contributed by atoms with Crippen molar-refractivity contribution < 1.29 is 4.42 Å². The Balaban J connectivity index is 1.28. The van der Waals surface area contributed by atoms with Crippen LogP contribution in [0.5, 0.6) is 0 Å². The number of rotatable bonds is 3. The molecule has 0 bridgehead atoms. The zero-order valence-corrected chi connectivity index (χ0v) is 24.8. The summed E-state index contributed by atoms with van der Waals surface area (Å²) in [6, 6.07) is 55.8. The topological polar surface area (TPSA) is 31.0 Å². The Bertz CT molecular complexity index is 2730. The minimum absolute atomic E-state index is 0.885. The van der Waals surface area contributed by atoms with Gasteiger partial charge in [-0.25, -0.2) is 4.98 Å². The van der Waals surface area contributed by atoms with Gasteiger partial charge in [0.05, 0.1) is 22.2 Å². The van der Waals surface area contributed by atoms with Crippen LogP contribution in [0.15, 0.2) is 162 Å². The lowest BCUT2D eigenvalue weighted by Crippen LogP contribution is -1.94. The highest BCUT2D eigenvalue weighted by molar-refractivity contribution is 6.30. The third-order valence-corrected chi connectivity index (χ3v) is 9.37. The largest absolute Gasteiger partial charge is 0.455 e. The van der Waals surface area contributed by atoms with E-state index in [0.29, 0.717) is 0 Å². The first-order chi connectivity index (χ1) is 22.8. The fourth-order valence-corrected chi connectivity index (χ4v) is 7.35. The van der Waals surface area contributed by atoms with Crippen molar-refractivity contribution in [3.63, 3.8) is 0 Å². The summed E-state index contributed by atoms with van der Waals surface area (Å²) >= 11 is 0. The molecule has 0 saturated heterocycles. The first-order valence-corrected chi connectivity index (χ1v) is 15.6. The Morgan fingerprint density at radius 1 is 0.457 bits per heavy atom. The molecule has 0 fully saturated rings. The van der Waals surface area contributed by atoms with E-state index in [9.17, 15) is 0 Å². The van der Waals surface area contributed by atoms with Crippen LogP contribution < -0.4 is 0 Å². The van der Waals surface area contributed by atoms with Crippen LogP contribution in [0.3, 0.4) is 0 Å². The molecule has 0 aliphatic rings. The highest BCUT2D eigenvalue weighted by Gasteiger charge is 2.21. The van der Waals surface area contributed by atoms with Gasteiger partial charge in [0, 0.05) is 54.5 Å². The molecule has 214 valence electrons. The Kier molecular flexibility index (Phi) is 5.28. The van der Waals surface area contributed by atoms with Crippen LogP contribution in [0.25, 0.3) is 93.5 Å². The maximum Gasteiger partial charge on any atom is 0.143 e. The van der Waals surface area contributed by atoms with Gasteiger partial charge in [0.1, 0.15) is 11.2 Å². The number of nitrogens with zero attached hydrogens (tertiary/aromatic N) is 2. The maximum absolute atomic E-state index is 6.73. The lowest BCUT2D eigenvalue weighted by atomic mass is 9.92. The Morgan fingerprint density at radius 2 is 1.07 bits per heavy atom. The second-order valence-corrected chi connectivity index (χ2v) is 11.9. The van der Waals surface area contributed by atoms with Gasteiger partial charge < -0.3 is 8.98 Å². The monoisotopic (exact) mass is 586 g/mol. The van der Waals surface area contributed by atoms with Gasteiger partial charge in [-0.3, -0.25) is 0 Å². The normalized spacial score (nSPS) is 11.9. The Morgan fingerprint density at radius 3 is 1.80 bits per heavy atom. The highest BCUT2D eigenvalue weighted by atomic mass is 16.3. The molecule has 0 spiro atoms. The van der Waals surface area contributed by atoms with Crippen molar-refractivity contribution in [3.05, 3.63) is 158 Å². The van der Waals surface area contributed by atoms with Crippen molar-refractivity contribution in [2.45, 2.75) is 0 Å². The van der Waals surface area contributed by atoms with Crippen LogP contribution in [0.4, 0.5) is 0 Å². The number of pyridine rings is 1. The zero-order valence-electron chi connectivity index (χ0n) is 24.8. The van der Waals surface area contributed by atoms with E-state index in [1.807, 2.05) is 6.07 Å². The molecule has 3 heteroatoms. The summed E-state index contributed by atoms with van der Waals surface area (Å²) in [6.07, 6.45) is 0. The van der Waals surface area contributed by atoms with Gasteiger partial charge in [-0.2, -0.15) is 0 Å². The molecule has 0 aliphatic heterocycles. The summed E-state index contributed by atoms with van der Waals surface area (Å²) in [4.78, 5) is 5.25. The van der Waals surface area contributed by atoms with Crippen molar-refractivity contribution in [1.82, 2.24) is 9.55 Å². The molecule has 46 heavy (non-hydrogen) atoms. The van der Waals surface area contributed by atoms with Gasteiger partial charge in [-0.15, -0.1) is 0 Å². The fraction of sp³-hybridized carbons (Fsp3) is 0. The van der Waals surface area contributed by atoms with Gasteiger partial charge in [-0.05, 0) is 48.0 Å². The second kappa shape index (κ2) is 9.65. The first kappa shape index (κ1) is 25.2. The van der Waals surface area contributed by atoms with E-state index < -0.39 is 0 Å². The zero-order chi connectivity index (χ0) is 30.2. The number of furan rings is 1. The van der Waals surface area contributed by atoms with E-state index >= 15 is 0 Å². The van der Waals surface area contributed by atoms with E-state index in [-0.39, 0.29) is 0 Å². The SMILES string of the molecule is c1ccc(-c2nc3ccccc3c3c2cc(-c2ccc(-n4c5ccccc5c5ccccc54)cc2)c2oc4ccccc4c23)cc1. The van der Waals surface area contributed by atoms with Gasteiger partial charge in [0.15, 0.2) is 0 Å². The third-order valence-electron chi connectivity index (χ3n) is 9.37. The summed E-state index contributed by atoms with van der Waals surface area (Å²) in [5.41, 5.74) is 10.5. The average molecular weight is 587 g/mol. The number of hydrogen-bond acceptors (Lipinski definition) is 2. The molecule has 0 radical (unpaired) electrons. The van der Waals surface area contributed by atoms with Crippen LogP contribution in [-0.4, -0.2) is 9.55 Å². The van der Waals surface area contributed by atoms with Crippen LogP contribution >= 0.6 is 0 Å². The molecule has 3 heterocycles. The van der Waals surface area contributed by atoms with Crippen molar-refractivity contribution in [3.8, 4) is 28.1 Å². The molecular formula is C43H26N2O. The number of fused-ring (bicyclic) bond motifs is 10. The van der Waals surface area contributed by atoms with E-state index in [1.165, 1.54) is 27.2 Å². The highest BCUT2D eigenvalue weighted by Crippen LogP contribution is 2.45. The molecule has 0 N–H and O–H groups in total. The molecule has 3 nitrogen and oxygen atoms in total. The van der Waals surface area contributed by atoms with Crippen molar-refractivity contribution in [2.24, 2.45) is 0 Å². The lowest BCUT2D eigenvalue weighted by Gasteiger charge is -2.14. The Hall–Kier alpha value is -6.19. The smallest absolute Gasteiger partial charge is 0.143 e. The molecular weight excluding hydrogens is 560 g/mol. The summed E-state index contributed by atoms with van der Waals surface area (Å²) in [5, 5.41) is 8.18. The van der Waals surface area contributed by atoms with E-state index in [4.69, 9.17) is 9.40 Å². The van der Waals surface area contributed by atoms with E-state index in [0.717, 1.165) is 66.3 Å². The van der Waals surface area contributed by atoms with Crippen molar-refractivity contribution in [1.29, 1.82) is 0 Å². The molecule has 0 amide bonds.